The molecule has 2 rings (SSSR count). The van der Waals surface area contributed by atoms with Crippen molar-refractivity contribution in [3.05, 3.63) is 39.9 Å². The second kappa shape index (κ2) is 7.52. The molecule has 1 N–H and O–H groups in total. The number of para-hydroxylation sites is 1. The van der Waals surface area contributed by atoms with Gasteiger partial charge in [-0.05, 0) is 25.3 Å². The third-order valence-electron chi connectivity index (χ3n) is 3.85. The summed E-state index contributed by atoms with van der Waals surface area (Å²) < 4.78 is 0. The van der Waals surface area contributed by atoms with Crippen LogP contribution in [0.2, 0.25) is 0 Å². The van der Waals surface area contributed by atoms with E-state index in [0.29, 0.717) is 18.5 Å². The summed E-state index contributed by atoms with van der Waals surface area (Å²) in [7, 11) is 0. The van der Waals surface area contributed by atoms with Crippen molar-refractivity contribution in [2.45, 2.75) is 39.3 Å². The first-order chi connectivity index (χ1) is 10.1. The van der Waals surface area contributed by atoms with Gasteiger partial charge in [0, 0.05) is 37.3 Å². The van der Waals surface area contributed by atoms with Crippen LogP contribution in [0.5, 0.6) is 0 Å². The summed E-state index contributed by atoms with van der Waals surface area (Å²) in [5, 5.41) is 14.7. The first-order valence-electron chi connectivity index (χ1n) is 7.74. The molecule has 5 heteroatoms. The van der Waals surface area contributed by atoms with Gasteiger partial charge in [-0.1, -0.05) is 32.0 Å². The Balaban J connectivity index is 2.08. The lowest BCUT2D eigenvalue weighted by Gasteiger charge is -2.27. The molecule has 116 valence electrons. The van der Waals surface area contributed by atoms with E-state index in [1.165, 1.54) is 12.8 Å². The molecule has 0 aliphatic carbocycles. The average Bonchev–Trinajstić information content (AvgIpc) is 2.91. The zero-order valence-corrected chi connectivity index (χ0v) is 12.9. The van der Waals surface area contributed by atoms with Crippen LogP contribution in [-0.2, 0) is 6.54 Å². The van der Waals surface area contributed by atoms with Gasteiger partial charge in [-0.15, -0.1) is 0 Å². The Bertz CT molecular complexity index is 470. The van der Waals surface area contributed by atoms with Crippen molar-refractivity contribution in [1.82, 2.24) is 10.2 Å². The van der Waals surface area contributed by atoms with Crippen molar-refractivity contribution in [2.24, 2.45) is 5.92 Å². The molecule has 0 aromatic heterocycles. The molecule has 1 heterocycles. The highest BCUT2D eigenvalue weighted by molar-refractivity contribution is 5.39. The normalized spacial score (nSPS) is 18.6. The molecule has 0 spiro atoms. The number of nitrogens with one attached hydrogen (secondary N) is 1. The van der Waals surface area contributed by atoms with E-state index in [0.717, 1.165) is 25.2 Å². The maximum atomic E-state index is 11.1. The number of nitro groups is 1. The molecule has 0 bridgehead atoms. The molecular weight excluding hydrogens is 266 g/mol. The topological polar surface area (TPSA) is 58.4 Å². The Kier molecular flexibility index (Phi) is 5.70. The lowest BCUT2D eigenvalue weighted by molar-refractivity contribution is -0.385. The molecular formula is C16H25N3O2. The number of nitrogens with zero attached hydrogens (tertiary/aromatic N) is 2. The van der Waals surface area contributed by atoms with Gasteiger partial charge < -0.3 is 5.32 Å². The smallest absolute Gasteiger partial charge is 0.273 e. The predicted molar refractivity (Wildman–Crippen MR) is 84.2 cm³/mol. The molecule has 1 aromatic carbocycles. The van der Waals surface area contributed by atoms with E-state index < -0.39 is 0 Å². The van der Waals surface area contributed by atoms with Crippen LogP contribution in [0.4, 0.5) is 5.69 Å². The second-order valence-electron chi connectivity index (χ2n) is 6.27. The van der Waals surface area contributed by atoms with Crippen molar-refractivity contribution in [2.75, 3.05) is 19.6 Å². The fourth-order valence-corrected chi connectivity index (χ4v) is 3.01. The summed E-state index contributed by atoms with van der Waals surface area (Å²) in [5.74, 6) is 0.550. The van der Waals surface area contributed by atoms with Crippen LogP contribution in [0, 0.1) is 16.0 Å². The van der Waals surface area contributed by atoms with E-state index in [-0.39, 0.29) is 10.6 Å². The molecule has 1 unspecified atom stereocenters. The second-order valence-corrected chi connectivity index (χ2v) is 6.27. The SMILES string of the molecule is CC(C)CN(Cc1ccccc1[N+](=O)[O-])CC1CCCN1. The highest BCUT2D eigenvalue weighted by Gasteiger charge is 2.21. The molecule has 1 aromatic rings. The average molecular weight is 291 g/mol. The maximum absolute atomic E-state index is 11.1. The van der Waals surface area contributed by atoms with Crippen LogP contribution in [0.1, 0.15) is 32.3 Å². The monoisotopic (exact) mass is 291 g/mol. The quantitative estimate of drug-likeness (QED) is 0.620. The summed E-state index contributed by atoms with van der Waals surface area (Å²) in [4.78, 5) is 13.2. The van der Waals surface area contributed by atoms with Gasteiger partial charge in [0.15, 0.2) is 0 Å². The van der Waals surface area contributed by atoms with Crippen LogP contribution < -0.4 is 5.32 Å². The molecule has 0 radical (unpaired) electrons. The first-order valence-corrected chi connectivity index (χ1v) is 7.74. The number of benzene rings is 1. The molecule has 0 saturated carbocycles. The minimum atomic E-state index is -0.281. The molecule has 5 nitrogen and oxygen atoms in total. The third-order valence-corrected chi connectivity index (χ3v) is 3.85. The largest absolute Gasteiger partial charge is 0.313 e. The van der Waals surface area contributed by atoms with E-state index in [4.69, 9.17) is 0 Å². The Morgan fingerprint density at radius 3 is 2.81 bits per heavy atom. The zero-order valence-electron chi connectivity index (χ0n) is 12.9. The van der Waals surface area contributed by atoms with Crippen molar-refractivity contribution >= 4 is 5.69 Å². The molecule has 21 heavy (non-hydrogen) atoms. The third kappa shape index (κ3) is 4.79. The van der Waals surface area contributed by atoms with Gasteiger partial charge in [-0.2, -0.15) is 0 Å². The lowest BCUT2D eigenvalue weighted by atomic mass is 10.1. The molecule has 1 aliphatic heterocycles. The molecule has 0 amide bonds. The lowest BCUT2D eigenvalue weighted by Crippen LogP contribution is -2.39. The minimum absolute atomic E-state index is 0.227. The Morgan fingerprint density at radius 2 is 2.19 bits per heavy atom. The molecule has 1 saturated heterocycles. The summed E-state index contributed by atoms with van der Waals surface area (Å²) in [6, 6.07) is 7.59. The standard InChI is InChI=1S/C16H25N3O2/c1-13(2)10-18(12-15-7-5-9-17-15)11-14-6-3-4-8-16(14)19(20)21/h3-4,6,8,13,15,17H,5,7,9-12H2,1-2H3. The zero-order chi connectivity index (χ0) is 15.2. The Morgan fingerprint density at radius 1 is 1.43 bits per heavy atom. The fraction of sp³-hybridized carbons (Fsp3) is 0.625. The highest BCUT2D eigenvalue weighted by Crippen LogP contribution is 2.21. The minimum Gasteiger partial charge on any atom is -0.313 e. The summed E-state index contributed by atoms with van der Waals surface area (Å²) >= 11 is 0. The number of hydrogen-bond donors (Lipinski definition) is 1. The van der Waals surface area contributed by atoms with Gasteiger partial charge in [-0.25, -0.2) is 0 Å². The summed E-state index contributed by atoms with van der Waals surface area (Å²) in [6.45, 7) is 8.04. The Labute approximate surface area is 126 Å². The maximum Gasteiger partial charge on any atom is 0.273 e. The van der Waals surface area contributed by atoms with Crippen molar-refractivity contribution < 1.29 is 4.92 Å². The van der Waals surface area contributed by atoms with Crippen molar-refractivity contribution in [1.29, 1.82) is 0 Å². The summed E-state index contributed by atoms with van der Waals surface area (Å²) in [6.07, 6.45) is 2.43. The van der Waals surface area contributed by atoms with Gasteiger partial charge >= 0.3 is 0 Å². The van der Waals surface area contributed by atoms with Gasteiger partial charge in [-0.3, -0.25) is 15.0 Å². The van der Waals surface area contributed by atoms with Gasteiger partial charge in [0.2, 0.25) is 0 Å². The first kappa shape index (κ1) is 15.9. The van der Waals surface area contributed by atoms with E-state index in [9.17, 15) is 10.1 Å². The van der Waals surface area contributed by atoms with Gasteiger partial charge in [0.25, 0.3) is 5.69 Å². The predicted octanol–water partition coefficient (Wildman–Crippen LogP) is 2.80. The Hall–Kier alpha value is -1.46. The van der Waals surface area contributed by atoms with Crippen LogP contribution in [0.15, 0.2) is 24.3 Å². The van der Waals surface area contributed by atoms with Crippen molar-refractivity contribution in [3.8, 4) is 0 Å². The van der Waals surface area contributed by atoms with Gasteiger partial charge in [0.05, 0.1) is 4.92 Å². The van der Waals surface area contributed by atoms with Gasteiger partial charge in [0.1, 0.15) is 0 Å². The molecule has 1 fully saturated rings. The summed E-state index contributed by atoms with van der Waals surface area (Å²) in [5.41, 5.74) is 1.03. The van der Waals surface area contributed by atoms with E-state index in [1.54, 1.807) is 12.1 Å². The number of hydrogen-bond acceptors (Lipinski definition) is 4. The van der Waals surface area contributed by atoms with Crippen LogP contribution >= 0.6 is 0 Å². The number of nitro benzene ring substituents is 1. The number of rotatable bonds is 7. The molecule has 1 aliphatic rings. The van der Waals surface area contributed by atoms with Crippen molar-refractivity contribution in [3.63, 3.8) is 0 Å². The van der Waals surface area contributed by atoms with Crippen LogP contribution in [0.3, 0.4) is 0 Å². The van der Waals surface area contributed by atoms with E-state index >= 15 is 0 Å². The fourth-order valence-electron chi connectivity index (χ4n) is 3.01. The van der Waals surface area contributed by atoms with E-state index in [2.05, 4.69) is 24.1 Å². The highest BCUT2D eigenvalue weighted by atomic mass is 16.6. The van der Waals surface area contributed by atoms with Crippen LogP contribution in [-0.4, -0.2) is 35.5 Å². The molecule has 1 atom stereocenters. The van der Waals surface area contributed by atoms with Crippen LogP contribution in [0.25, 0.3) is 0 Å². The van der Waals surface area contributed by atoms with E-state index in [1.807, 2.05) is 12.1 Å².